The number of rotatable bonds is 4. The molecule has 2 unspecified atom stereocenters. The normalized spacial score (nSPS) is 27.8. The van der Waals surface area contributed by atoms with E-state index in [-0.39, 0.29) is 11.5 Å². The molecule has 1 aromatic rings. The van der Waals surface area contributed by atoms with Crippen molar-refractivity contribution in [3.8, 4) is 0 Å². The van der Waals surface area contributed by atoms with Crippen LogP contribution in [0.5, 0.6) is 0 Å². The Morgan fingerprint density at radius 3 is 2.88 bits per heavy atom. The zero-order chi connectivity index (χ0) is 11.8. The second-order valence-corrected chi connectivity index (χ2v) is 5.35. The van der Waals surface area contributed by atoms with Crippen molar-refractivity contribution < 1.29 is 5.11 Å². The molecule has 2 rings (SSSR count). The molecule has 0 saturated heterocycles. The Labute approximate surface area is 96.7 Å². The van der Waals surface area contributed by atoms with Crippen LogP contribution in [0.4, 0.5) is 0 Å². The molecular weight excluding hydrogens is 202 g/mol. The number of aromatic nitrogens is 2. The second kappa shape index (κ2) is 4.18. The van der Waals surface area contributed by atoms with Gasteiger partial charge in [-0.25, -0.2) is 0 Å². The molecule has 0 spiro atoms. The van der Waals surface area contributed by atoms with Gasteiger partial charge in [0, 0.05) is 24.7 Å². The van der Waals surface area contributed by atoms with Gasteiger partial charge >= 0.3 is 0 Å². The molecule has 1 heterocycles. The van der Waals surface area contributed by atoms with Crippen molar-refractivity contribution in [2.75, 3.05) is 6.54 Å². The summed E-state index contributed by atoms with van der Waals surface area (Å²) in [6.45, 7) is 5.18. The number of aliphatic hydroxyl groups is 1. The number of hydrogen-bond donors (Lipinski definition) is 2. The third-order valence-corrected chi connectivity index (χ3v) is 3.78. The molecule has 0 amide bonds. The maximum atomic E-state index is 9.61. The lowest BCUT2D eigenvalue weighted by Crippen LogP contribution is -2.60. The monoisotopic (exact) mass is 223 g/mol. The van der Waals surface area contributed by atoms with E-state index >= 15 is 0 Å². The molecule has 1 aromatic heterocycles. The maximum absolute atomic E-state index is 9.61. The molecule has 1 fully saturated rings. The van der Waals surface area contributed by atoms with Crippen LogP contribution in [0, 0.1) is 5.41 Å². The third kappa shape index (κ3) is 2.13. The van der Waals surface area contributed by atoms with E-state index in [1.165, 1.54) is 5.56 Å². The first-order chi connectivity index (χ1) is 7.50. The van der Waals surface area contributed by atoms with E-state index in [2.05, 4.69) is 24.3 Å². The molecular formula is C12H21N3O. The largest absolute Gasteiger partial charge is 0.392 e. The quantitative estimate of drug-likeness (QED) is 0.790. The van der Waals surface area contributed by atoms with Crippen molar-refractivity contribution in [1.29, 1.82) is 0 Å². The molecule has 16 heavy (non-hydrogen) atoms. The summed E-state index contributed by atoms with van der Waals surface area (Å²) in [6.07, 6.45) is 5.67. The zero-order valence-corrected chi connectivity index (χ0v) is 10.3. The Morgan fingerprint density at radius 1 is 1.62 bits per heavy atom. The predicted molar refractivity (Wildman–Crippen MR) is 63.1 cm³/mol. The van der Waals surface area contributed by atoms with Crippen LogP contribution in [-0.4, -0.2) is 33.6 Å². The lowest BCUT2D eigenvalue weighted by molar-refractivity contribution is -0.0720. The summed E-state index contributed by atoms with van der Waals surface area (Å²) in [5, 5.41) is 17.3. The van der Waals surface area contributed by atoms with Crippen LogP contribution in [-0.2, 0) is 13.5 Å². The van der Waals surface area contributed by atoms with Crippen LogP contribution in [0.2, 0.25) is 0 Å². The lowest BCUT2D eigenvalue weighted by atomic mass is 9.64. The fraction of sp³-hybridized carbons (Fsp3) is 0.750. The van der Waals surface area contributed by atoms with Gasteiger partial charge in [-0.3, -0.25) is 4.68 Å². The van der Waals surface area contributed by atoms with Gasteiger partial charge in [-0.2, -0.15) is 5.10 Å². The Hall–Kier alpha value is -0.870. The molecule has 0 aliphatic heterocycles. The molecule has 4 heteroatoms. The minimum Gasteiger partial charge on any atom is -0.392 e. The van der Waals surface area contributed by atoms with Crippen molar-refractivity contribution in [1.82, 2.24) is 15.1 Å². The molecule has 2 atom stereocenters. The third-order valence-electron chi connectivity index (χ3n) is 3.78. The van der Waals surface area contributed by atoms with Gasteiger partial charge < -0.3 is 10.4 Å². The average Bonchev–Trinajstić information content (AvgIpc) is 2.63. The Kier molecular flexibility index (Phi) is 3.04. The Balaban J connectivity index is 1.73. The number of aliphatic hydroxyl groups excluding tert-OH is 1. The van der Waals surface area contributed by atoms with Gasteiger partial charge in [-0.15, -0.1) is 0 Å². The molecule has 4 nitrogen and oxygen atoms in total. The topological polar surface area (TPSA) is 50.1 Å². The standard InChI is InChI=1S/C12H21N3O/c1-12(2)10(6-11(12)16)13-5-4-9-7-14-15(3)8-9/h7-8,10-11,13,16H,4-6H2,1-3H3. The Morgan fingerprint density at radius 2 is 2.38 bits per heavy atom. The highest BCUT2D eigenvalue weighted by atomic mass is 16.3. The van der Waals surface area contributed by atoms with Crippen LogP contribution in [0.15, 0.2) is 12.4 Å². The van der Waals surface area contributed by atoms with E-state index in [9.17, 15) is 5.11 Å². The molecule has 1 saturated carbocycles. The first-order valence-electron chi connectivity index (χ1n) is 5.89. The smallest absolute Gasteiger partial charge is 0.0621 e. The molecule has 0 bridgehead atoms. The lowest BCUT2D eigenvalue weighted by Gasteiger charge is -2.49. The van der Waals surface area contributed by atoms with Gasteiger partial charge in [0.2, 0.25) is 0 Å². The average molecular weight is 223 g/mol. The van der Waals surface area contributed by atoms with Crippen LogP contribution in [0.3, 0.4) is 0 Å². The van der Waals surface area contributed by atoms with E-state index in [0.29, 0.717) is 6.04 Å². The number of nitrogens with zero attached hydrogens (tertiary/aromatic N) is 2. The van der Waals surface area contributed by atoms with E-state index in [1.54, 1.807) is 0 Å². The molecule has 90 valence electrons. The minimum absolute atomic E-state index is 0.0228. The number of aryl methyl sites for hydroxylation is 1. The zero-order valence-electron chi connectivity index (χ0n) is 10.3. The number of hydrogen-bond acceptors (Lipinski definition) is 3. The van der Waals surface area contributed by atoms with Crippen LogP contribution >= 0.6 is 0 Å². The highest BCUT2D eigenvalue weighted by molar-refractivity contribution is 5.05. The summed E-state index contributed by atoms with van der Waals surface area (Å²) in [5.74, 6) is 0. The summed E-state index contributed by atoms with van der Waals surface area (Å²) in [7, 11) is 1.93. The van der Waals surface area contributed by atoms with Gasteiger partial charge in [0.15, 0.2) is 0 Å². The van der Waals surface area contributed by atoms with Gasteiger partial charge in [0.1, 0.15) is 0 Å². The molecule has 0 radical (unpaired) electrons. The molecule has 1 aliphatic carbocycles. The fourth-order valence-corrected chi connectivity index (χ4v) is 2.24. The van der Waals surface area contributed by atoms with Gasteiger partial charge in [0.25, 0.3) is 0 Å². The van der Waals surface area contributed by atoms with E-state index in [1.807, 2.05) is 24.1 Å². The highest BCUT2D eigenvalue weighted by Gasteiger charge is 2.46. The highest BCUT2D eigenvalue weighted by Crippen LogP contribution is 2.40. The molecule has 1 aliphatic rings. The summed E-state index contributed by atoms with van der Waals surface area (Å²) < 4.78 is 1.83. The van der Waals surface area contributed by atoms with Crippen molar-refractivity contribution >= 4 is 0 Å². The van der Waals surface area contributed by atoms with Gasteiger partial charge in [-0.1, -0.05) is 13.8 Å². The van der Waals surface area contributed by atoms with Crippen LogP contribution in [0.25, 0.3) is 0 Å². The summed E-state index contributed by atoms with van der Waals surface area (Å²) in [6, 6.07) is 0.444. The van der Waals surface area contributed by atoms with Crippen LogP contribution < -0.4 is 5.32 Å². The first kappa shape index (κ1) is 11.6. The van der Waals surface area contributed by atoms with Crippen molar-refractivity contribution in [2.24, 2.45) is 12.5 Å². The maximum Gasteiger partial charge on any atom is 0.0621 e. The number of nitrogens with one attached hydrogen (secondary N) is 1. The van der Waals surface area contributed by atoms with Gasteiger partial charge in [0.05, 0.1) is 12.3 Å². The first-order valence-corrected chi connectivity index (χ1v) is 5.89. The van der Waals surface area contributed by atoms with Crippen LogP contribution in [0.1, 0.15) is 25.8 Å². The summed E-state index contributed by atoms with van der Waals surface area (Å²) >= 11 is 0. The second-order valence-electron chi connectivity index (χ2n) is 5.35. The van der Waals surface area contributed by atoms with E-state index in [4.69, 9.17) is 0 Å². The Bertz CT molecular complexity index is 359. The van der Waals surface area contributed by atoms with Crippen molar-refractivity contribution in [3.05, 3.63) is 18.0 Å². The predicted octanol–water partition coefficient (Wildman–Crippen LogP) is 0.712. The van der Waals surface area contributed by atoms with E-state index in [0.717, 1.165) is 19.4 Å². The van der Waals surface area contributed by atoms with Crippen molar-refractivity contribution in [3.63, 3.8) is 0 Å². The SMILES string of the molecule is Cn1cc(CCNC2CC(O)C2(C)C)cn1. The van der Waals surface area contributed by atoms with Gasteiger partial charge in [-0.05, 0) is 24.9 Å². The fourth-order valence-electron chi connectivity index (χ4n) is 2.24. The molecule has 2 N–H and O–H groups in total. The minimum atomic E-state index is -0.150. The summed E-state index contributed by atoms with van der Waals surface area (Å²) in [5.41, 5.74) is 1.28. The summed E-state index contributed by atoms with van der Waals surface area (Å²) in [4.78, 5) is 0. The van der Waals surface area contributed by atoms with E-state index < -0.39 is 0 Å². The molecule has 0 aromatic carbocycles. The van der Waals surface area contributed by atoms with Crippen molar-refractivity contribution in [2.45, 2.75) is 38.8 Å².